The number of hydrogen-bond acceptors (Lipinski definition) is 2. The van der Waals surface area contributed by atoms with Crippen LogP contribution in [0.3, 0.4) is 0 Å². The number of carbonyl (C=O) groups excluding carboxylic acids is 1. The number of carbonyl (C=O) groups is 1. The predicted molar refractivity (Wildman–Crippen MR) is 45.0 cm³/mol. The fraction of sp³-hybridized carbons (Fsp3) is 0.300. The first kappa shape index (κ1) is 7.35. The molecule has 2 nitrogen and oxygen atoms in total. The van der Waals surface area contributed by atoms with Crippen molar-refractivity contribution >= 4 is 5.97 Å². The minimum Gasteiger partial charge on any atom is -0.459 e. The van der Waals surface area contributed by atoms with Gasteiger partial charge in [-0.2, -0.15) is 0 Å². The Kier molecular flexibility index (Phi) is 1.61. The van der Waals surface area contributed by atoms with Gasteiger partial charge in [-0.1, -0.05) is 18.2 Å². The van der Waals surface area contributed by atoms with Gasteiger partial charge >= 0.3 is 5.97 Å². The molecule has 0 saturated carbocycles. The Morgan fingerprint density at radius 2 is 2.17 bits per heavy atom. The summed E-state index contributed by atoms with van der Waals surface area (Å²) in [7, 11) is 0. The van der Waals surface area contributed by atoms with Gasteiger partial charge in [0.1, 0.15) is 6.10 Å². The second-order valence-electron chi connectivity index (χ2n) is 3.08. The number of rotatable bonds is 0. The maximum atomic E-state index is 11.3. The molecule has 1 aromatic rings. The van der Waals surface area contributed by atoms with Crippen molar-refractivity contribution in [2.75, 3.05) is 0 Å². The first-order valence-corrected chi connectivity index (χ1v) is 4.06. The molecule has 0 bridgehead atoms. The van der Waals surface area contributed by atoms with Crippen LogP contribution in [0.25, 0.3) is 0 Å². The van der Waals surface area contributed by atoms with Crippen molar-refractivity contribution in [3.63, 3.8) is 0 Å². The van der Waals surface area contributed by atoms with Crippen molar-refractivity contribution in [1.82, 2.24) is 0 Å². The largest absolute Gasteiger partial charge is 0.459 e. The molecule has 2 heteroatoms. The zero-order valence-electron chi connectivity index (χ0n) is 6.91. The second-order valence-corrected chi connectivity index (χ2v) is 3.08. The lowest BCUT2D eigenvalue weighted by molar-refractivity contribution is 0.0301. The summed E-state index contributed by atoms with van der Waals surface area (Å²) in [5.41, 5.74) is 1.82. The van der Waals surface area contributed by atoms with Crippen molar-refractivity contribution in [3.8, 4) is 0 Å². The van der Waals surface area contributed by atoms with Crippen LogP contribution < -0.4 is 0 Å². The highest BCUT2D eigenvalue weighted by molar-refractivity contribution is 5.92. The number of cyclic esters (lactones) is 1. The van der Waals surface area contributed by atoms with E-state index in [1.165, 1.54) is 0 Å². The van der Waals surface area contributed by atoms with E-state index in [1.807, 2.05) is 31.2 Å². The quantitative estimate of drug-likeness (QED) is 0.543. The van der Waals surface area contributed by atoms with E-state index in [2.05, 4.69) is 0 Å². The molecule has 0 spiro atoms. The summed E-state index contributed by atoms with van der Waals surface area (Å²) >= 11 is 0. The van der Waals surface area contributed by atoms with Gasteiger partial charge in [0.05, 0.1) is 5.56 Å². The van der Waals surface area contributed by atoms with Gasteiger partial charge in [-0.15, -0.1) is 0 Å². The van der Waals surface area contributed by atoms with Crippen molar-refractivity contribution in [2.45, 2.75) is 19.4 Å². The molecule has 0 amide bonds. The minimum atomic E-state index is -0.190. The molecule has 62 valence electrons. The zero-order chi connectivity index (χ0) is 8.55. The number of ether oxygens (including phenoxy) is 1. The van der Waals surface area contributed by atoms with E-state index in [4.69, 9.17) is 4.74 Å². The normalized spacial score (nSPS) is 21.4. The number of benzene rings is 1. The zero-order valence-corrected chi connectivity index (χ0v) is 6.91. The van der Waals surface area contributed by atoms with Crippen LogP contribution in [0.1, 0.15) is 22.8 Å². The summed E-state index contributed by atoms with van der Waals surface area (Å²) in [6.45, 7) is 1.91. The third-order valence-corrected chi connectivity index (χ3v) is 2.05. The molecule has 2 rings (SSSR count). The van der Waals surface area contributed by atoms with Gasteiger partial charge in [0, 0.05) is 6.42 Å². The third-order valence-electron chi connectivity index (χ3n) is 2.05. The van der Waals surface area contributed by atoms with Gasteiger partial charge in [-0.3, -0.25) is 0 Å². The molecule has 1 aliphatic heterocycles. The van der Waals surface area contributed by atoms with E-state index in [-0.39, 0.29) is 12.1 Å². The topological polar surface area (TPSA) is 26.3 Å². The molecule has 1 aromatic carbocycles. The fourth-order valence-electron chi connectivity index (χ4n) is 1.50. The Balaban J connectivity index is 2.47. The van der Waals surface area contributed by atoms with Crippen molar-refractivity contribution in [2.24, 2.45) is 0 Å². The van der Waals surface area contributed by atoms with Gasteiger partial charge in [-0.25, -0.2) is 4.79 Å². The summed E-state index contributed by atoms with van der Waals surface area (Å²) in [5.74, 6) is -0.190. The highest BCUT2D eigenvalue weighted by atomic mass is 16.5. The summed E-state index contributed by atoms with van der Waals surface area (Å²) < 4.78 is 5.07. The van der Waals surface area contributed by atoms with E-state index >= 15 is 0 Å². The van der Waals surface area contributed by atoms with Crippen molar-refractivity contribution < 1.29 is 9.53 Å². The first-order valence-electron chi connectivity index (χ1n) is 4.06. The highest BCUT2D eigenvalue weighted by Gasteiger charge is 2.22. The second kappa shape index (κ2) is 2.63. The van der Waals surface area contributed by atoms with Gasteiger partial charge in [0.25, 0.3) is 0 Å². The predicted octanol–water partition coefficient (Wildman–Crippen LogP) is 1.79. The average molecular weight is 162 g/mol. The lowest BCUT2D eigenvalue weighted by atomic mass is 10.00. The molecule has 0 radical (unpaired) electrons. The molecule has 0 N–H and O–H groups in total. The molecule has 1 unspecified atom stereocenters. The van der Waals surface area contributed by atoms with E-state index in [0.717, 1.165) is 17.5 Å². The molecular formula is C10H10O2. The van der Waals surface area contributed by atoms with Crippen molar-refractivity contribution in [3.05, 3.63) is 35.4 Å². The third kappa shape index (κ3) is 1.09. The molecule has 1 heterocycles. The maximum Gasteiger partial charge on any atom is 0.338 e. The van der Waals surface area contributed by atoms with Crippen LogP contribution in [0.2, 0.25) is 0 Å². The first-order chi connectivity index (χ1) is 5.77. The summed E-state index contributed by atoms with van der Waals surface area (Å²) in [6.07, 6.45) is 0.856. The SMILES string of the molecule is CC1Cc2ccccc2C(=O)O1. The van der Waals surface area contributed by atoms with Gasteiger partial charge in [0.2, 0.25) is 0 Å². The van der Waals surface area contributed by atoms with Crippen LogP contribution in [-0.4, -0.2) is 12.1 Å². The minimum absolute atomic E-state index is 0.0207. The monoisotopic (exact) mass is 162 g/mol. The Labute approximate surface area is 71.2 Å². The average Bonchev–Trinajstić information content (AvgIpc) is 2.04. The molecule has 0 aliphatic carbocycles. The Bertz CT molecular complexity index is 317. The van der Waals surface area contributed by atoms with Gasteiger partial charge in [-0.05, 0) is 18.6 Å². The molecule has 1 atom stereocenters. The van der Waals surface area contributed by atoms with Crippen LogP contribution in [0.15, 0.2) is 24.3 Å². The Morgan fingerprint density at radius 1 is 1.42 bits per heavy atom. The van der Waals surface area contributed by atoms with E-state index in [9.17, 15) is 4.79 Å². The molecule has 12 heavy (non-hydrogen) atoms. The van der Waals surface area contributed by atoms with Crippen LogP contribution in [0, 0.1) is 0 Å². The molecule has 0 fully saturated rings. The Hall–Kier alpha value is -1.31. The van der Waals surface area contributed by atoms with Crippen molar-refractivity contribution in [1.29, 1.82) is 0 Å². The fourth-order valence-corrected chi connectivity index (χ4v) is 1.50. The van der Waals surface area contributed by atoms with Crippen LogP contribution in [0.4, 0.5) is 0 Å². The van der Waals surface area contributed by atoms with E-state index < -0.39 is 0 Å². The van der Waals surface area contributed by atoms with Gasteiger partial charge in [0.15, 0.2) is 0 Å². The highest BCUT2D eigenvalue weighted by Crippen LogP contribution is 2.19. The van der Waals surface area contributed by atoms with E-state index in [1.54, 1.807) is 0 Å². The molecule has 0 saturated heterocycles. The van der Waals surface area contributed by atoms with Crippen LogP contribution >= 0.6 is 0 Å². The Morgan fingerprint density at radius 3 is 3.00 bits per heavy atom. The summed E-state index contributed by atoms with van der Waals surface area (Å²) in [5, 5.41) is 0. The molecular weight excluding hydrogens is 152 g/mol. The van der Waals surface area contributed by atoms with Gasteiger partial charge < -0.3 is 4.74 Å². The standard InChI is InChI=1S/C10H10O2/c1-7-6-8-4-2-3-5-9(8)10(11)12-7/h2-5,7H,6H2,1H3. The maximum absolute atomic E-state index is 11.3. The lowest BCUT2D eigenvalue weighted by Crippen LogP contribution is -2.24. The van der Waals surface area contributed by atoms with E-state index in [0.29, 0.717) is 0 Å². The summed E-state index contributed by atoms with van der Waals surface area (Å²) in [4.78, 5) is 11.3. The molecule has 1 aliphatic rings. The smallest absolute Gasteiger partial charge is 0.338 e. The van der Waals surface area contributed by atoms with Crippen LogP contribution in [0.5, 0.6) is 0 Å². The summed E-state index contributed by atoms with van der Waals surface area (Å²) in [6, 6.07) is 7.59. The van der Waals surface area contributed by atoms with Crippen LogP contribution in [-0.2, 0) is 11.2 Å². The number of esters is 1. The molecule has 0 aromatic heterocycles. The lowest BCUT2D eigenvalue weighted by Gasteiger charge is -2.20. The number of hydrogen-bond donors (Lipinski definition) is 0. The number of fused-ring (bicyclic) bond motifs is 1.